The van der Waals surface area contributed by atoms with Crippen LogP contribution in [-0.4, -0.2) is 0 Å². The van der Waals surface area contributed by atoms with Gasteiger partial charge >= 0.3 is 0 Å². The standard InChI is InChI=1S/C24H24BrF/c1-2-3-4-18-7-12-21(13-8-18)22-14-9-19(10-15-22)5-6-20-11-16-23(25)24(26)17-20/h2,9-11,14-18,21H,1,3-4,7-8,12-13H2/t18-,21-. The number of halogens is 2. The van der Waals surface area contributed by atoms with Crippen molar-refractivity contribution >= 4 is 15.9 Å². The van der Waals surface area contributed by atoms with Crippen LogP contribution in [0.2, 0.25) is 0 Å². The van der Waals surface area contributed by atoms with Crippen molar-refractivity contribution in [2.45, 2.75) is 44.4 Å². The molecule has 3 rings (SSSR count). The summed E-state index contributed by atoms with van der Waals surface area (Å²) in [5.74, 6) is 7.43. The van der Waals surface area contributed by atoms with Crippen molar-refractivity contribution in [1.29, 1.82) is 0 Å². The number of rotatable bonds is 4. The maximum Gasteiger partial charge on any atom is 0.138 e. The molecule has 2 heteroatoms. The molecule has 0 aromatic heterocycles. The lowest BCUT2D eigenvalue weighted by atomic mass is 9.77. The van der Waals surface area contributed by atoms with E-state index in [1.807, 2.05) is 12.1 Å². The van der Waals surface area contributed by atoms with Crippen LogP contribution in [-0.2, 0) is 0 Å². The molecule has 26 heavy (non-hydrogen) atoms. The van der Waals surface area contributed by atoms with Gasteiger partial charge in [-0.2, -0.15) is 0 Å². The maximum absolute atomic E-state index is 13.5. The number of benzene rings is 2. The third-order valence-corrected chi connectivity index (χ3v) is 5.92. The molecule has 0 spiro atoms. The van der Waals surface area contributed by atoms with Gasteiger partial charge in [-0.25, -0.2) is 4.39 Å². The van der Waals surface area contributed by atoms with Crippen LogP contribution in [0.1, 0.15) is 61.1 Å². The fourth-order valence-corrected chi connectivity index (χ4v) is 3.94. The highest BCUT2D eigenvalue weighted by Crippen LogP contribution is 2.37. The Morgan fingerprint density at radius 1 is 1.00 bits per heavy atom. The van der Waals surface area contributed by atoms with E-state index < -0.39 is 0 Å². The van der Waals surface area contributed by atoms with Crippen molar-refractivity contribution in [3.8, 4) is 11.8 Å². The highest BCUT2D eigenvalue weighted by Gasteiger charge is 2.21. The second kappa shape index (κ2) is 9.19. The zero-order valence-electron chi connectivity index (χ0n) is 15.0. The molecule has 0 saturated heterocycles. The molecule has 2 aromatic rings. The molecule has 0 heterocycles. The molecule has 134 valence electrons. The predicted molar refractivity (Wildman–Crippen MR) is 111 cm³/mol. The smallest absolute Gasteiger partial charge is 0.138 e. The Hall–Kier alpha value is -1.85. The molecule has 0 N–H and O–H groups in total. The van der Waals surface area contributed by atoms with E-state index in [2.05, 4.69) is 58.6 Å². The van der Waals surface area contributed by atoms with Gasteiger partial charge in [-0.1, -0.05) is 30.0 Å². The van der Waals surface area contributed by atoms with Crippen molar-refractivity contribution in [3.05, 3.63) is 82.1 Å². The van der Waals surface area contributed by atoms with E-state index in [0.29, 0.717) is 16.0 Å². The van der Waals surface area contributed by atoms with Crippen LogP contribution >= 0.6 is 15.9 Å². The van der Waals surface area contributed by atoms with Crippen molar-refractivity contribution in [2.24, 2.45) is 5.92 Å². The lowest BCUT2D eigenvalue weighted by Gasteiger charge is -2.28. The number of hydrogen-bond donors (Lipinski definition) is 0. The summed E-state index contributed by atoms with van der Waals surface area (Å²) in [6, 6.07) is 13.5. The summed E-state index contributed by atoms with van der Waals surface area (Å²) in [6.45, 7) is 3.83. The first-order chi connectivity index (χ1) is 12.7. The summed E-state index contributed by atoms with van der Waals surface area (Å²) in [4.78, 5) is 0. The first kappa shape index (κ1) is 18.9. The van der Waals surface area contributed by atoms with E-state index in [-0.39, 0.29) is 5.82 Å². The molecule has 0 atom stereocenters. The Balaban J connectivity index is 1.60. The molecule has 0 amide bonds. The van der Waals surface area contributed by atoms with Crippen LogP contribution in [0.4, 0.5) is 4.39 Å². The molecular formula is C24H24BrF. The summed E-state index contributed by atoms with van der Waals surface area (Å²) in [7, 11) is 0. The molecule has 0 aliphatic heterocycles. The summed E-state index contributed by atoms with van der Waals surface area (Å²) >= 11 is 3.16. The molecule has 0 bridgehead atoms. The lowest BCUT2D eigenvalue weighted by Crippen LogP contribution is -2.13. The fraction of sp³-hybridized carbons (Fsp3) is 0.333. The van der Waals surface area contributed by atoms with Gasteiger partial charge in [0.15, 0.2) is 0 Å². The second-order valence-electron chi connectivity index (χ2n) is 7.08. The monoisotopic (exact) mass is 410 g/mol. The zero-order valence-corrected chi connectivity index (χ0v) is 16.6. The van der Waals surface area contributed by atoms with Gasteiger partial charge in [0.05, 0.1) is 4.47 Å². The molecule has 1 fully saturated rings. The van der Waals surface area contributed by atoms with Gasteiger partial charge in [-0.3, -0.25) is 0 Å². The zero-order chi connectivity index (χ0) is 18.4. The average molecular weight is 411 g/mol. The maximum atomic E-state index is 13.5. The van der Waals surface area contributed by atoms with Gasteiger partial charge in [0.2, 0.25) is 0 Å². The highest BCUT2D eigenvalue weighted by molar-refractivity contribution is 9.10. The Bertz CT molecular complexity index is 802. The van der Waals surface area contributed by atoms with Crippen LogP contribution in [0.5, 0.6) is 0 Å². The van der Waals surface area contributed by atoms with E-state index in [4.69, 9.17) is 0 Å². The fourth-order valence-electron chi connectivity index (χ4n) is 3.69. The minimum absolute atomic E-state index is 0.282. The Labute approximate surface area is 164 Å². The molecule has 0 unspecified atom stereocenters. The molecule has 0 nitrogen and oxygen atoms in total. The Kier molecular flexibility index (Phi) is 6.69. The minimum atomic E-state index is -0.282. The first-order valence-corrected chi connectivity index (χ1v) is 10.1. The highest BCUT2D eigenvalue weighted by atomic mass is 79.9. The molecule has 1 aliphatic carbocycles. The largest absolute Gasteiger partial charge is 0.206 e. The Morgan fingerprint density at radius 2 is 1.65 bits per heavy atom. The molecule has 0 radical (unpaired) electrons. The quantitative estimate of drug-likeness (QED) is 0.368. The van der Waals surface area contributed by atoms with E-state index in [1.54, 1.807) is 6.07 Å². The van der Waals surface area contributed by atoms with E-state index in [9.17, 15) is 4.39 Å². The van der Waals surface area contributed by atoms with Gasteiger partial charge in [-0.05, 0) is 102 Å². The van der Waals surface area contributed by atoms with Crippen LogP contribution in [0.25, 0.3) is 0 Å². The Morgan fingerprint density at radius 3 is 2.31 bits per heavy atom. The molecular weight excluding hydrogens is 387 g/mol. The van der Waals surface area contributed by atoms with Gasteiger partial charge in [0.25, 0.3) is 0 Å². The van der Waals surface area contributed by atoms with Crippen LogP contribution in [0, 0.1) is 23.6 Å². The van der Waals surface area contributed by atoms with Gasteiger partial charge in [-0.15, -0.1) is 6.58 Å². The third-order valence-electron chi connectivity index (χ3n) is 5.28. The van der Waals surface area contributed by atoms with Crippen molar-refractivity contribution in [3.63, 3.8) is 0 Å². The number of hydrogen-bond acceptors (Lipinski definition) is 0. The molecule has 1 saturated carbocycles. The third kappa shape index (κ3) is 5.08. The second-order valence-corrected chi connectivity index (χ2v) is 7.94. The van der Waals surface area contributed by atoms with Crippen molar-refractivity contribution < 1.29 is 4.39 Å². The van der Waals surface area contributed by atoms with E-state index in [1.165, 1.54) is 43.7 Å². The normalized spacial score (nSPS) is 19.5. The summed E-state index contributed by atoms with van der Waals surface area (Å²) in [6.07, 6.45) is 9.70. The lowest BCUT2D eigenvalue weighted by molar-refractivity contribution is 0.312. The van der Waals surface area contributed by atoms with Gasteiger partial charge < -0.3 is 0 Å². The summed E-state index contributed by atoms with van der Waals surface area (Å²) in [5, 5.41) is 0. The van der Waals surface area contributed by atoms with Crippen LogP contribution in [0.3, 0.4) is 0 Å². The minimum Gasteiger partial charge on any atom is -0.206 e. The molecule has 1 aliphatic rings. The van der Waals surface area contributed by atoms with Gasteiger partial charge in [0.1, 0.15) is 5.82 Å². The van der Waals surface area contributed by atoms with Crippen molar-refractivity contribution in [1.82, 2.24) is 0 Å². The SMILES string of the molecule is C=CCC[C@H]1CC[C@H](c2ccc(C#Cc3ccc(Br)c(F)c3)cc2)CC1. The van der Waals surface area contributed by atoms with E-state index >= 15 is 0 Å². The molecule has 2 aromatic carbocycles. The van der Waals surface area contributed by atoms with Gasteiger partial charge in [0, 0.05) is 11.1 Å². The topological polar surface area (TPSA) is 0 Å². The van der Waals surface area contributed by atoms with E-state index in [0.717, 1.165) is 17.9 Å². The predicted octanol–water partition coefficient (Wildman–Crippen LogP) is 7.23. The summed E-state index contributed by atoms with van der Waals surface area (Å²) < 4.78 is 14.0. The first-order valence-electron chi connectivity index (χ1n) is 9.33. The van der Waals surface area contributed by atoms with Crippen LogP contribution < -0.4 is 0 Å². The average Bonchev–Trinajstić information content (AvgIpc) is 2.68. The van der Waals surface area contributed by atoms with Crippen molar-refractivity contribution in [2.75, 3.05) is 0 Å². The number of allylic oxidation sites excluding steroid dienone is 1. The summed E-state index contributed by atoms with van der Waals surface area (Å²) in [5.41, 5.74) is 3.08. The van der Waals surface area contributed by atoms with Crippen LogP contribution in [0.15, 0.2) is 59.6 Å².